The summed E-state index contributed by atoms with van der Waals surface area (Å²) in [6.45, 7) is 11.0. The molecule has 3 aromatic rings. The zero-order valence-electron chi connectivity index (χ0n) is 23.4. The number of hydrogen-bond donors (Lipinski definition) is 2. The van der Waals surface area contributed by atoms with E-state index in [1.165, 1.54) is 27.9 Å². The molecular weight excluding hydrogens is 462 g/mol. The molecule has 0 amide bonds. The molecule has 0 spiro atoms. The molecule has 198 valence electrons. The summed E-state index contributed by atoms with van der Waals surface area (Å²) in [5.41, 5.74) is 11.4. The van der Waals surface area contributed by atoms with E-state index in [-0.39, 0.29) is 0 Å². The normalized spacial score (nSPS) is 15.4. The van der Waals surface area contributed by atoms with Gasteiger partial charge in [-0.2, -0.15) is 0 Å². The number of benzene rings is 3. The summed E-state index contributed by atoms with van der Waals surface area (Å²) in [4.78, 5) is 0. The number of para-hydroxylation sites is 1. The van der Waals surface area contributed by atoms with Crippen LogP contribution in [-0.2, 0) is 0 Å². The first-order chi connectivity index (χ1) is 18.5. The maximum Gasteiger partial charge on any atom is 0.0568 e. The van der Waals surface area contributed by atoms with Gasteiger partial charge in [0.05, 0.1) is 11.7 Å². The highest BCUT2D eigenvalue weighted by Crippen LogP contribution is 2.32. The van der Waals surface area contributed by atoms with Gasteiger partial charge in [0.2, 0.25) is 0 Å². The maximum atomic E-state index is 3.83. The van der Waals surface area contributed by atoms with Crippen LogP contribution in [0.4, 0.5) is 5.69 Å². The smallest absolute Gasteiger partial charge is 0.0568 e. The molecule has 0 aromatic heterocycles. The molecule has 3 aromatic carbocycles. The second kappa shape index (κ2) is 13.8. The van der Waals surface area contributed by atoms with E-state index in [4.69, 9.17) is 0 Å². The number of nitrogens with zero attached hydrogens (tertiary/aromatic N) is 1. The van der Waals surface area contributed by atoms with Gasteiger partial charge in [0.1, 0.15) is 0 Å². The zero-order chi connectivity index (χ0) is 26.7. The molecule has 1 atom stereocenters. The minimum absolute atomic E-state index is 0.303. The quantitative estimate of drug-likeness (QED) is 0.147. The van der Waals surface area contributed by atoms with Crippen molar-refractivity contribution in [3.8, 4) is 0 Å². The highest BCUT2D eigenvalue weighted by molar-refractivity contribution is 5.80. The number of hydrogen-bond acceptors (Lipinski definition) is 3. The van der Waals surface area contributed by atoms with Crippen LogP contribution in [0, 0.1) is 0 Å². The summed E-state index contributed by atoms with van der Waals surface area (Å²) < 4.78 is 0. The summed E-state index contributed by atoms with van der Waals surface area (Å²) in [5.74, 6) is 0.982. The minimum Gasteiger partial charge on any atom is -0.385 e. The molecule has 0 aliphatic heterocycles. The van der Waals surface area contributed by atoms with Crippen LogP contribution in [0.3, 0.4) is 0 Å². The highest BCUT2D eigenvalue weighted by Gasteiger charge is 2.18. The van der Waals surface area contributed by atoms with Gasteiger partial charge < -0.3 is 10.7 Å². The predicted molar refractivity (Wildman–Crippen MR) is 165 cm³/mol. The standard InChI is InChI=1S/C35H43N3/c1-27(2)32-22-14-23-33(28(3)4)35(32)36-24-15-25-38(31-20-12-7-13-21-31)37-34(30-18-10-6-11-19-30)26-29-16-8-5-9-17-29/h5-14,16-20,22-23,26-28,31,36-37H,15,21,24-25H2,1-4H3/b34-26+. The van der Waals surface area contributed by atoms with Crippen molar-refractivity contribution in [2.45, 2.75) is 58.4 Å². The fourth-order valence-electron chi connectivity index (χ4n) is 4.99. The second-order valence-corrected chi connectivity index (χ2v) is 10.7. The molecule has 3 heteroatoms. The number of allylic oxidation sites excluding steroid dienone is 2. The molecule has 0 saturated carbocycles. The zero-order valence-corrected chi connectivity index (χ0v) is 23.4. The van der Waals surface area contributed by atoms with Gasteiger partial charge in [-0.3, -0.25) is 0 Å². The van der Waals surface area contributed by atoms with E-state index < -0.39 is 0 Å². The number of hydrazine groups is 1. The van der Waals surface area contributed by atoms with Gasteiger partial charge in [-0.25, -0.2) is 5.01 Å². The van der Waals surface area contributed by atoms with Crippen LogP contribution in [-0.4, -0.2) is 24.1 Å². The third-order valence-corrected chi connectivity index (χ3v) is 7.07. The first kappa shape index (κ1) is 27.5. The van der Waals surface area contributed by atoms with Gasteiger partial charge >= 0.3 is 0 Å². The minimum atomic E-state index is 0.303. The summed E-state index contributed by atoms with van der Waals surface area (Å²) in [7, 11) is 0. The second-order valence-electron chi connectivity index (χ2n) is 10.7. The molecule has 2 N–H and O–H groups in total. The first-order valence-corrected chi connectivity index (χ1v) is 14.1. The Bertz CT molecular complexity index is 1200. The average Bonchev–Trinajstić information content (AvgIpc) is 2.95. The van der Waals surface area contributed by atoms with Crippen molar-refractivity contribution < 1.29 is 0 Å². The van der Waals surface area contributed by atoms with E-state index in [2.05, 4.69) is 153 Å². The Morgan fingerprint density at radius 3 is 2.11 bits per heavy atom. The van der Waals surface area contributed by atoms with E-state index >= 15 is 0 Å². The Morgan fingerprint density at radius 1 is 0.842 bits per heavy atom. The molecule has 3 nitrogen and oxygen atoms in total. The van der Waals surface area contributed by atoms with E-state index in [1.54, 1.807) is 0 Å². The third-order valence-electron chi connectivity index (χ3n) is 7.07. The fourth-order valence-corrected chi connectivity index (χ4v) is 4.99. The molecule has 4 rings (SSSR count). The Labute approximate surface area is 230 Å². The maximum absolute atomic E-state index is 3.83. The SMILES string of the molecule is CC(C)c1cccc(C(C)C)c1NCCCN(N/C(=C/c1ccccc1)c1ccccc1)C1C=CC=CC1. The van der Waals surface area contributed by atoms with Gasteiger partial charge in [-0.1, -0.05) is 131 Å². The molecular formula is C35H43N3. The van der Waals surface area contributed by atoms with Crippen LogP contribution in [0.5, 0.6) is 0 Å². The van der Waals surface area contributed by atoms with Crippen molar-refractivity contribution in [1.82, 2.24) is 10.4 Å². The largest absolute Gasteiger partial charge is 0.385 e. The van der Waals surface area contributed by atoms with Crippen LogP contribution in [0.25, 0.3) is 11.8 Å². The Hall–Kier alpha value is -3.56. The third kappa shape index (κ3) is 7.49. The van der Waals surface area contributed by atoms with Gasteiger partial charge in [-0.15, -0.1) is 0 Å². The summed E-state index contributed by atoms with van der Waals surface area (Å²) in [6.07, 6.45) is 13.1. The van der Waals surface area contributed by atoms with Crippen molar-refractivity contribution in [1.29, 1.82) is 0 Å². The number of anilines is 1. The van der Waals surface area contributed by atoms with Crippen molar-refractivity contribution in [2.75, 3.05) is 18.4 Å². The molecule has 0 heterocycles. The topological polar surface area (TPSA) is 27.3 Å². The summed E-state index contributed by atoms with van der Waals surface area (Å²) >= 11 is 0. The van der Waals surface area contributed by atoms with Crippen LogP contribution in [0.15, 0.2) is 103 Å². The molecule has 0 saturated heterocycles. The van der Waals surface area contributed by atoms with Crippen LogP contribution >= 0.6 is 0 Å². The lowest BCUT2D eigenvalue weighted by atomic mass is 9.92. The molecule has 1 unspecified atom stereocenters. The fraction of sp³-hybridized carbons (Fsp3) is 0.314. The van der Waals surface area contributed by atoms with Crippen molar-refractivity contribution >= 4 is 17.5 Å². The van der Waals surface area contributed by atoms with Crippen molar-refractivity contribution in [3.05, 3.63) is 125 Å². The van der Waals surface area contributed by atoms with E-state index in [9.17, 15) is 0 Å². The van der Waals surface area contributed by atoms with Crippen molar-refractivity contribution in [3.63, 3.8) is 0 Å². The molecule has 0 fully saturated rings. The van der Waals surface area contributed by atoms with Gasteiger partial charge in [-0.05, 0) is 53.0 Å². The van der Waals surface area contributed by atoms with Gasteiger partial charge in [0.25, 0.3) is 0 Å². The highest BCUT2D eigenvalue weighted by atomic mass is 15.5. The first-order valence-electron chi connectivity index (χ1n) is 14.1. The Morgan fingerprint density at radius 2 is 1.50 bits per heavy atom. The molecule has 0 radical (unpaired) electrons. The van der Waals surface area contributed by atoms with Gasteiger partial charge in [0.15, 0.2) is 0 Å². The lowest BCUT2D eigenvalue weighted by molar-refractivity contribution is 0.185. The van der Waals surface area contributed by atoms with Crippen LogP contribution in [0.2, 0.25) is 0 Å². The predicted octanol–water partition coefficient (Wildman–Crippen LogP) is 8.63. The van der Waals surface area contributed by atoms with E-state index in [0.717, 1.165) is 31.6 Å². The van der Waals surface area contributed by atoms with Crippen molar-refractivity contribution in [2.24, 2.45) is 0 Å². The molecule has 1 aliphatic rings. The van der Waals surface area contributed by atoms with Gasteiger partial charge in [0, 0.05) is 18.8 Å². The average molecular weight is 506 g/mol. The number of nitrogens with one attached hydrogen (secondary N) is 2. The monoisotopic (exact) mass is 505 g/mol. The molecule has 38 heavy (non-hydrogen) atoms. The lowest BCUT2D eigenvalue weighted by Gasteiger charge is -2.33. The van der Waals surface area contributed by atoms with E-state index in [0.29, 0.717) is 17.9 Å². The van der Waals surface area contributed by atoms with Crippen LogP contribution < -0.4 is 10.7 Å². The summed E-state index contributed by atoms with van der Waals surface area (Å²) in [6, 6.07) is 28.2. The Balaban J connectivity index is 1.52. The number of rotatable bonds is 12. The van der Waals surface area contributed by atoms with Crippen LogP contribution in [0.1, 0.15) is 74.6 Å². The van der Waals surface area contributed by atoms with E-state index in [1.807, 2.05) is 0 Å². The lowest BCUT2D eigenvalue weighted by Crippen LogP contribution is -2.45. The molecule has 0 bridgehead atoms. The Kier molecular flexibility index (Phi) is 10.0. The molecule has 1 aliphatic carbocycles. The summed E-state index contributed by atoms with van der Waals surface area (Å²) in [5, 5.41) is 6.23.